The van der Waals surface area contributed by atoms with Crippen LogP contribution < -0.4 is 0 Å². The van der Waals surface area contributed by atoms with Crippen LogP contribution in [0.2, 0.25) is 0 Å². The minimum absolute atomic E-state index is 0.149. The molecule has 0 aliphatic carbocycles. The first-order chi connectivity index (χ1) is 9.08. The lowest BCUT2D eigenvalue weighted by Crippen LogP contribution is -1.99. The number of aliphatic hydroxyl groups excluding tert-OH is 1. The Morgan fingerprint density at radius 2 is 2.11 bits per heavy atom. The maximum Gasteiger partial charge on any atom is 0.335 e. The van der Waals surface area contributed by atoms with Gasteiger partial charge in [-0.3, -0.25) is 0 Å². The van der Waals surface area contributed by atoms with Gasteiger partial charge in [0.1, 0.15) is 0 Å². The number of benzene rings is 1. The molecular formula is C15H19NO3. The van der Waals surface area contributed by atoms with Crippen molar-refractivity contribution in [1.82, 2.24) is 4.57 Å². The predicted molar refractivity (Wildman–Crippen MR) is 74.7 cm³/mol. The Hall–Kier alpha value is -1.81. The van der Waals surface area contributed by atoms with E-state index in [0.29, 0.717) is 12.0 Å². The van der Waals surface area contributed by atoms with Crippen molar-refractivity contribution in [3.05, 3.63) is 35.0 Å². The highest BCUT2D eigenvalue weighted by atomic mass is 16.4. The number of rotatable bonds is 5. The Morgan fingerprint density at radius 3 is 2.68 bits per heavy atom. The molecule has 0 amide bonds. The zero-order chi connectivity index (χ0) is 14.0. The molecule has 0 saturated carbocycles. The van der Waals surface area contributed by atoms with E-state index in [1.54, 1.807) is 12.1 Å². The molecule has 4 nitrogen and oxygen atoms in total. The van der Waals surface area contributed by atoms with E-state index < -0.39 is 5.97 Å². The number of hydrogen-bond donors (Lipinski definition) is 2. The van der Waals surface area contributed by atoms with Crippen molar-refractivity contribution in [2.75, 3.05) is 6.61 Å². The van der Waals surface area contributed by atoms with Crippen molar-refractivity contribution in [2.45, 2.75) is 33.2 Å². The summed E-state index contributed by atoms with van der Waals surface area (Å²) in [5.74, 6) is -0.901. The largest absolute Gasteiger partial charge is 0.478 e. The maximum atomic E-state index is 11.2. The second-order valence-corrected chi connectivity index (χ2v) is 4.76. The third-order valence-electron chi connectivity index (χ3n) is 3.44. The van der Waals surface area contributed by atoms with Crippen LogP contribution in [-0.4, -0.2) is 27.4 Å². The topological polar surface area (TPSA) is 62.5 Å². The van der Waals surface area contributed by atoms with Crippen molar-refractivity contribution in [3.63, 3.8) is 0 Å². The molecule has 0 spiro atoms. The molecule has 2 N–H and O–H groups in total. The van der Waals surface area contributed by atoms with Crippen LogP contribution in [0.5, 0.6) is 0 Å². The fourth-order valence-corrected chi connectivity index (χ4v) is 2.57. The predicted octanol–water partition coefficient (Wildman–Crippen LogP) is 2.59. The molecule has 0 fully saturated rings. The van der Waals surface area contributed by atoms with E-state index in [-0.39, 0.29) is 6.61 Å². The molecule has 1 aromatic carbocycles. The standard InChI is InChI=1S/C15H19NO3/c1-3-16-9-11(5-4-6-17)13-8-12(15(18)19)7-10(2)14(13)16/h7-9,17H,3-6H2,1-2H3,(H,18,19). The number of aromatic carboxylic acids is 1. The highest BCUT2D eigenvalue weighted by Crippen LogP contribution is 2.27. The summed E-state index contributed by atoms with van der Waals surface area (Å²) in [5, 5.41) is 19.1. The first-order valence-corrected chi connectivity index (χ1v) is 6.55. The smallest absolute Gasteiger partial charge is 0.335 e. The third kappa shape index (κ3) is 2.49. The third-order valence-corrected chi connectivity index (χ3v) is 3.44. The molecule has 19 heavy (non-hydrogen) atoms. The average molecular weight is 261 g/mol. The number of carboxylic acid groups (broad SMARTS) is 1. The van der Waals surface area contributed by atoms with Gasteiger partial charge in [-0.05, 0) is 49.9 Å². The highest BCUT2D eigenvalue weighted by molar-refractivity contribution is 5.96. The highest BCUT2D eigenvalue weighted by Gasteiger charge is 2.13. The Labute approximate surface area is 112 Å². The van der Waals surface area contributed by atoms with E-state index in [1.165, 1.54) is 0 Å². The van der Waals surface area contributed by atoms with Gasteiger partial charge in [-0.2, -0.15) is 0 Å². The number of carbonyl (C=O) groups is 1. The molecule has 0 unspecified atom stereocenters. The minimum Gasteiger partial charge on any atom is -0.478 e. The first kappa shape index (κ1) is 13.6. The molecule has 2 aromatic rings. The summed E-state index contributed by atoms with van der Waals surface area (Å²) in [6.07, 6.45) is 3.53. The van der Waals surface area contributed by atoms with Gasteiger partial charge in [-0.15, -0.1) is 0 Å². The molecule has 1 aromatic heterocycles. The van der Waals surface area contributed by atoms with Gasteiger partial charge in [-0.1, -0.05) is 0 Å². The van der Waals surface area contributed by atoms with Gasteiger partial charge >= 0.3 is 5.97 Å². The molecule has 0 aliphatic heterocycles. The maximum absolute atomic E-state index is 11.2. The van der Waals surface area contributed by atoms with E-state index in [0.717, 1.165) is 35.0 Å². The van der Waals surface area contributed by atoms with Crippen molar-refractivity contribution in [3.8, 4) is 0 Å². The molecule has 0 atom stereocenters. The molecule has 4 heteroatoms. The van der Waals surface area contributed by atoms with Gasteiger partial charge in [0.05, 0.1) is 11.1 Å². The van der Waals surface area contributed by atoms with Crippen molar-refractivity contribution >= 4 is 16.9 Å². The monoisotopic (exact) mass is 261 g/mol. The van der Waals surface area contributed by atoms with Gasteiger partial charge in [0, 0.05) is 24.7 Å². The number of aryl methyl sites for hydroxylation is 3. The second-order valence-electron chi connectivity index (χ2n) is 4.76. The van der Waals surface area contributed by atoms with E-state index in [4.69, 9.17) is 10.2 Å². The molecule has 1 heterocycles. The van der Waals surface area contributed by atoms with E-state index in [2.05, 4.69) is 17.7 Å². The van der Waals surface area contributed by atoms with Crippen molar-refractivity contribution in [2.24, 2.45) is 0 Å². The number of aliphatic hydroxyl groups is 1. The summed E-state index contributed by atoms with van der Waals surface area (Å²) < 4.78 is 2.14. The molecular weight excluding hydrogens is 242 g/mol. The van der Waals surface area contributed by atoms with Crippen LogP contribution in [0.15, 0.2) is 18.3 Å². The Morgan fingerprint density at radius 1 is 1.37 bits per heavy atom. The van der Waals surface area contributed by atoms with Crippen LogP contribution in [0.1, 0.15) is 34.8 Å². The average Bonchev–Trinajstić information content (AvgIpc) is 2.74. The van der Waals surface area contributed by atoms with E-state index in [9.17, 15) is 4.79 Å². The van der Waals surface area contributed by atoms with Crippen LogP contribution in [0.3, 0.4) is 0 Å². The van der Waals surface area contributed by atoms with Crippen LogP contribution in [-0.2, 0) is 13.0 Å². The minimum atomic E-state index is -0.901. The van der Waals surface area contributed by atoms with Crippen LogP contribution in [0, 0.1) is 6.92 Å². The van der Waals surface area contributed by atoms with Gasteiger partial charge in [0.2, 0.25) is 0 Å². The Balaban J connectivity index is 2.65. The summed E-state index contributed by atoms with van der Waals surface area (Å²) in [5.41, 5.74) is 3.51. The Bertz CT molecular complexity index is 613. The molecule has 0 bridgehead atoms. The number of nitrogens with zero attached hydrogens (tertiary/aromatic N) is 1. The molecule has 0 radical (unpaired) electrons. The lowest BCUT2D eigenvalue weighted by molar-refractivity contribution is 0.0697. The lowest BCUT2D eigenvalue weighted by Gasteiger charge is -2.05. The number of aromatic nitrogens is 1. The number of fused-ring (bicyclic) bond motifs is 1. The molecule has 0 saturated heterocycles. The first-order valence-electron chi connectivity index (χ1n) is 6.55. The van der Waals surface area contributed by atoms with Crippen LogP contribution in [0.4, 0.5) is 0 Å². The zero-order valence-electron chi connectivity index (χ0n) is 11.3. The summed E-state index contributed by atoms with van der Waals surface area (Å²) in [6, 6.07) is 3.45. The lowest BCUT2D eigenvalue weighted by atomic mass is 10.0. The van der Waals surface area contributed by atoms with Crippen LogP contribution >= 0.6 is 0 Å². The Kier molecular flexibility index (Phi) is 3.90. The number of hydrogen-bond acceptors (Lipinski definition) is 2. The number of carboxylic acids is 1. The SMILES string of the molecule is CCn1cc(CCCO)c2cc(C(=O)O)cc(C)c21. The fraction of sp³-hybridized carbons (Fsp3) is 0.400. The van der Waals surface area contributed by atoms with Gasteiger partial charge < -0.3 is 14.8 Å². The van der Waals surface area contributed by atoms with Crippen molar-refractivity contribution in [1.29, 1.82) is 0 Å². The van der Waals surface area contributed by atoms with Gasteiger partial charge in [0.15, 0.2) is 0 Å². The normalized spacial score (nSPS) is 11.1. The van der Waals surface area contributed by atoms with Crippen LogP contribution in [0.25, 0.3) is 10.9 Å². The molecule has 102 valence electrons. The molecule has 0 aliphatic rings. The van der Waals surface area contributed by atoms with Gasteiger partial charge in [-0.25, -0.2) is 4.79 Å². The molecule has 2 rings (SSSR count). The quantitative estimate of drug-likeness (QED) is 0.869. The summed E-state index contributed by atoms with van der Waals surface area (Å²) in [7, 11) is 0. The summed E-state index contributed by atoms with van der Waals surface area (Å²) in [4.78, 5) is 11.2. The van der Waals surface area contributed by atoms with Gasteiger partial charge in [0.25, 0.3) is 0 Å². The van der Waals surface area contributed by atoms with E-state index >= 15 is 0 Å². The van der Waals surface area contributed by atoms with Crippen molar-refractivity contribution < 1.29 is 15.0 Å². The fourth-order valence-electron chi connectivity index (χ4n) is 2.57. The second kappa shape index (κ2) is 5.45. The summed E-state index contributed by atoms with van der Waals surface area (Å²) >= 11 is 0. The summed E-state index contributed by atoms with van der Waals surface area (Å²) in [6.45, 7) is 5.01. The zero-order valence-corrected chi connectivity index (χ0v) is 11.3. The van der Waals surface area contributed by atoms with E-state index in [1.807, 2.05) is 6.92 Å².